The summed E-state index contributed by atoms with van der Waals surface area (Å²) in [5.74, 6) is -1.06. The highest BCUT2D eigenvalue weighted by molar-refractivity contribution is 5.85. The summed E-state index contributed by atoms with van der Waals surface area (Å²) in [4.78, 5) is 19.7. The molecule has 13 heavy (non-hydrogen) atoms. The van der Waals surface area contributed by atoms with E-state index >= 15 is 0 Å². The van der Waals surface area contributed by atoms with Gasteiger partial charge in [-0.2, -0.15) is 0 Å². The van der Waals surface area contributed by atoms with Crippen molar-refractivity contribution in [1.82, 2.24) is 0 Å². The number of carbonyl (C=O) groups is 2. The van der Waals surface area contributed by atoms with Gasteiger partial charge < -0.3 is 9.84 Å². The normalized spacial score (nSPS) is 9.69. The molecule has 0 spiro atoms. The standard InChI is InChI=1S/C5H8O2.C4H8O2/c1-3-4(2)5(6)7;1-3-6-4(2)5/h3H,1-2H3,(H,6,7);3H2,1-2H3. The highest BCUT2D eigenvalue weighted by atomic mass is 16.5. The smallest absolute Gasteiger partial charge is 0.330 e. The van der Waals surface area contributed by atoms with Gasteiger partial charge in [0, 0.05) is 12.5 Å². The molecule has 0 saturated carbocycles. The Morgan fingerprint density at radius 1 is 1.38 bits per heavy atom. The maximum Gasteiger partial charge on any atom is 0.330 e. The molecule has 0 saturated heterocycles. The van der Waals surface area contributed by atoms with Crippen molar-refractivity contribution in [2.75, 3.05) is 6.61 Å². The summed E-state index contributed by atoms with van der Waals surface area (Å²) in [5.41, 5.74) is 0.389. The van der Waals surface area contributed by atoms with Crippen molar-refractivity contribution in [2.45, 2.75) is 27.7 Å². The highest BCUT2D eigenvalue weighted by Crippen LogP contribution is 1.87. The molecular formula is C9H16O4. The maximum absolute atomic E-state index is 9.86. The van der Waals surface area contributed by atoms with Crippen molar-refractivity contribution in [3.63, 3.8) is 0 Å². The zero-order chi connectivity index (χ0) is 10.9. The van der Waals surface area contributed by atoms with Crippen LogP contribution in [0.3, 0.4) is 0 Å². The third-order valence-corrected chi connectivity index (χ3v) is 1.12. The number of esters is 1. The van der Waals surface area contributed by atoms with Gasteiger partial charge in [-0.15, -0.1) is 0 Å². The second kappa shape index (κ2) is 8.77. The van der Waals surface area contributed by atoms with E-state index in [1.807, 2.05) is 0 Å². The minimum atomic E-state index is -0.845. The van der Waals surface area contributed by atoms with Crippen molar-refractivity contribution in [3.8, 4) is 0 Å². The number of aliphatic carboxylic acids is 1. The highest BCUT2D eigenvalue weighted by Gasteiger charge is 1.93. The van der Waals surface area contributed by atoms with Crippen LogP contribution in [-0.4, -0.2) is 23.7 Å². The van der Waals surface area contributed by atoms with E-state index in [1.54, 1.807) is 26.8 Å². The van der Waals surface area contributed by atoms with Gasteiger partial charge in [-0.25, -0.2) is 4.79 Å². The fourth-order valence-electron chi connectivity index (χ4n) is 0.327. The molecule has 0 aliphatic carbocycles. The Balaban J connectivity index is 0. The van der Waals surface area contributed by atoms with Gasteiger partial charge in [-0.3, -0.25) is 4.79 Å². The molecule has 0 aliphatic heterocycles. The number of hydrogen-bond acceptors (Lipinski definition) is 3. The van der Waals surface area contributed by atoms with Crippen LogP contribution in [0.4, 0.5) is 0 Å². The lowest BCUT2D eigenvalue weighted by Gasteiger charge is -1.89. The largest absolute Gasteiger partial charge is 0.478 e. The first kappa shape index (κ1) is 14.2. The predicted molar refractivity (Wildman–Crippen MR) is 49.4 cm³/mol. The van der Waals surface area contributed by atoms with Gasteiger partial charge in [0.1, 0.15) is 0 Å². The Labute approximate surface area is 78.2 Å². The summed E-state index contributed by atoms with van der Waals surface area (Å²) >= 11 is 0. The summed E-state index contributed by atoms with van der Waals surface area (Å²) < 4.78 is 4.40. The number of carbonyl (C=O) groups excluding carboxylic acids is 1. The van der Waals surface area contributed by atoms with Crippen LogP contribution in [-0.2, 0) is 14.3 Å². The van der Waals surface area contributed by atoms with E-state index < -0.39 is 5.97 Å². The van der Waals surface area contributed by atoms with E-state index in [4.69, 9.17) is 5.11 Å². The third-order valence-electron chi connectivity index (χ3n) is 1.12. The number of carboxylic acid groups (broad SMARTS) is 1. The van der Waals surface area contributed by atoms with E-state index in [1.165, 1.54) is 6.92 Å². The molecule has 4 nitrogen and oxygen atoms in total. The zero-order valence-electron chi connectivity index (χ0n) is 8.46. The van der Waals surface area contributed by atoms with Gasteiger partial charge >= 0.3 is 11.9 Å². The molecule has 0 aliphatic rings. The molecule has 0 bridgehead atoms. The lowest BCUT2D eigenvalue weighted by Crippen LogP contribution is -1.95. The molecule has 0 fully saturated rings. The van der Waals surface area contributed by atoms with Crippen LogP contribution in [0.2, 0.25) is 0 Å². The minimum absolute atomic E-state index is 0.211. The van der Waals surface area contributed by atoms with Crippen LogP contribution in [0, 0.1) is 0 Å². The van der Waals surface area contributed by atoms with Crippen LogP contribution < -0.4 is 0 Å². The molecule has 0 aromatic heterocycles. The summed E-state index contributed by atoms with van der Waals surface area (Å²) in [6, 6.07) is 0. The monoisotopic (exact) mass is 188 g/mol. The molecule has 0 amide bonds. The van der Waals surface area contributed by atoms with Crippen molar-refractivity contribution in [2.24, 2.45) is 0 Å². The molecule has 1 N–H and O–H groups in total. The topological polar surface area (TPSA) is 63.6 Å². The number of allylic oxidation sites excluding steroid dienone is 1. The number of rotatable bonds is 2. The predicted octanol–water partition coefficient (Wildman–Crippen LogP) is 1.61. The average Bonchev–Trinajstić information content (AvgIpc) is 2.03. The lowest BCUT2D eigenvalue weighted by atomic mass is 10.3. The fraction of sp³-hybridized carbons (Fsp3) is 0.556. The van der Waals surface area contributed by atoms with Crippen molar-refractivity contribution >= 4 is 11.9 Å². The van der Waals surface area contributed by atoms with Crippen molar-refractivity contribution in [3.05, 3.63) is 11.6 Å². The van der Waals surface area contributed by atoms with Gasteiger partial charge in [-0.1, -0.05) is 6.08 Å². The molecule has 0 aromatic carbocycles. The number of hydrogen-bond donors (Lipinski definition) is 1. The average molecular weight is 188 g/mol. The van der Waals surface area contributed by atoms with E-state index in [-0.39, 0.29) is 5.97 Å². The maximum atomic E-state index is 9.86. The van der Waals surface area contributed by atoms with Gasteiger partial charge in [-0.05, 0) is 20.8 Å². The first-order chi connectivity index (χ1) is 5.95. The van der Waals surface area contributed by atoms with E-state index in [9.17, 15) is 9.59 Å². The number of ether oxygens (including phenoxy) is 1. The molecule has 0 unspecified atom stereocenters. The number of carboxylic acids is 1. The fourth-order valence-corrected chi connectivity index (χ4v) is 0.327. The van der Waals surface area contributed by atoms with Crippen LogP contribution >= 0.6 is 0 Å². The molecule has 0 aromatic rings. The Hall–Kier alpha value is -1.32. The Kier molecular flexibility index (Phi) is 9.60. The molecule has 76 valence electrons. The molecule has 0 atom stereocenters. The first-order valence-corrected chi connectivity index (χ1v) is 3.95. The third kappa shape index (κ3) is 13.6. The summed E-state index contributed by atoms with van der Waals surface area (Å²) in [5, 5.41) is 8.11. The summed E-state index contributed by atoms with van der Waals surface area (Å²) in [6.07, 6.45) is 1.56. The molecule has 0 rings (SSSR count). The molecule has 0 radical (unpaired) electrons. The van der Waals surface area contributed by atoms with Gasteiger partial charge in [0.05, 0.1) is 6.61 Å². The van der Waals surface area contributed by atoms with Crippen molar-refractivity contribution < 1.29 is 19.4 Å². The quantitative estimate of drug-likeness (QED) is 0.528. The summed E-state index contributed by atoms with van der Waals surface area (Å²) in [6.45, 7) is 6.91. The minimum Gasteiger partial charge on any atom is -0.478 e. The Bertz CT molecular complexity index is 194. The summed E-state index contributed by atoms with van der Waals surface area (Å²) in [7, 11) is 0. The van der Waals surface area contributed by atoms with Crippen LogP contribution in [0.1, 0.15) is 27.7 Å². The first-order valence-electron chi connectivity index (χ1n) is 3.95. The van der Waals surface area contributed by atoms with E-state index in [0.29, 0.717) is 12.2 Å². The van der Waals surface area contributed by atoms with E-state index in [2.05, 4.69) is 4.74 Å². The molecular weight excluding hydrogens is 172 g/mol. The van der Waals surface area contributed by atoms with Gasteiger partial charge in [0.2, 0.25) is 0 Å². The molecule has 4 heteroatoms. The van der Waals surface area contributed by atoms with Crippen LogP contribution in [0.25, 0.3) is 0 Å². The van der Waals surface area contributed by atoms with Crippen molar-refractivity contribution in [1.29, 1.82) is 0 Å². The van der Waals surface area contributed by atoms with Gasteiger partial charge in [0.15, 0.2) is 0 Å². The Morgan fingerprint density at radius 2 is 1.85 bits per heavy atom. The Morgan fingerprint density at radius 3 is 1.85 bits per heavy atom. The van der Waals surface area contributed by atoms with E-state index in [0.717, 1.165) is 0 Å². The molecule has 0 heterocycles. The second-order valence-corrected chi connectivity index (χ2v) is 2.20. The zero-order valence-corrected chi connectivity index (χ0v) is 8.46. The van der Waals surface area contributed by atoms with Crippen LogP contribution in [0.15, 0.2) is 11.6 Å². The lowest BCUT2D eigenvalue weighted by molar-refractivity contribution is -0.140. The second-order valence-electron chi connectivity index (χ2n) is 2.20. The van der Waals surface area contributed by atoms with Crippen LogP contribution in [0.5, 0.6) is 0 Å². The SMILES string of the molecule is CC=C(C)C(=O)O.CCOC(C)=O. The van der Waals surface area contributed by atoms with Gasteiger partial charge in [0.25, 0.3) is 0 Å².